The second-order valence-electron chi connectivity index (χ2n) is 3.42. The highest BCUT2D eigenvalue weighted by Crippen LogP contribution is 2.31. The lowest BCUT2D eigenvalue weighted by molar-refractivity contribution is 0.106. The molecule has 0 saturated heterocycles. The van der Waals surface area contributed by atoms with E-state index in [0.29, 0.717) is 0 Å². The average Bonchev–Trinajstić information content (AvgIpc) is 2.72. The van der Waals surface area contributed by atoms with Crippen LogP contribution >= 0.6 is 11.3 Å². The zero-order chi connectivity index (χ0) is 10.0. The second-order valence-corrected chi connectivity index (χ2v) is 4.36. The normalized spacial score (nSPS) is 15.0. The molecule has 0 fully saturated rings. The smallest absolute Gasteiger partial charge is 0.121 e. The van der Waals surface area contributed by atoms with Gasteiger partial charge in [0.15, 0.2) is 0 Å². The van der Waals surface area contributed by atoms with Crippen LogP contribution < -0.4 is 0 Å². The van der Waals surface area contributed by atoms with E-state index in [0.717, 1.165) is 10.4 Å². The molecule has 2 aromatic rings. The topological polar surface area (TPSA) is 20.2 Å². The standard InChI is InChI=1S/C12H12OS/c1-12(13,11-8-5-9-14-11)10-6-3-2-4-7-10/h2-9,13H,1H3/t12-/m1/s1. The molecule has 1 aromatic carbocycles. The zero-order valence-corrected chi connectivity index (χ0v) is 8.79. The molecule has 0 aliphatic rings. The molecule has 0 spiro atoms. The van der Waals surface area contributed by atoms with Gasteiger partial charge in [0.2, 0.25) is 0 Å². The predicted octanol–water partition coefficient (Wildman–Crippen LogP) is 3.00. The highest BCUT2D eigenvalue weighted by molar-refractivity contribution is 7.10. The van der Waals surface area contributed by atoms with Crippen molar-refractivity contribution < 1.29 is 5.11 Å². The van der Waals surface area contributed by atoms with Gasteiger partial charge in [0.1, 0.15) is 5.60 Å². The number of aliphatic hydroxyl groups is 1. The van der Waals surface area contributed by atoms with E-state index in [9.17, 15) is 5.11 Å². The second kappa shape index (κ2) is 3.56. The summed E-state index contributed by atoms with van der Waals surface area (Å²) in [5.41, 5.74) is 0.0672. The number of thiophene rings is 1. The Labute approximate surface area is 87.7 Å². The molecule has 2 heteroatoms. The number of hydrogen-bond donors (Lipinski definition) is 1. The number of benzene rings is 1. The van der Waals surface area contributed by atoms with Gasteiger partial charge in [-0.3, -0.25) is 0 Å². The van der Waals surface area contributed by atoms with E-state index < -0.39 is 5.60 Å². The van der Waals surface area contributed by atoms with Crippen molar-refractivity contribution in [2.24, 2.45) is 0 Å². The molecule has 1 aromatic heterocycles. The Balaban J connectivity index is 2.43. The van der Waals surface area contributed by atoms with Crippen LogP contribution in [0.15, 0.2) is 47.8 Å². The third-order valence-corrected chi connectivity index (χ3v) is 3.42. The fraction of sp³-hybridized carbons (Fsp3) is 0.167. The molecule has 0 aliphatic carbocycles. The molecule has 0 bridgehead atoms. The molecule has 0 aliphatic heterocycles. The summed E-state index contributed by atoms with van der Waals surface area (Å²) in [4.78, 5) is 0.976. The van der Waals surface area contributed by atoms with Gasteiger partial charge in [0.05, 0.1) is 0 Å². The summed E-state index contributed by atoms with van der Waals surface area (Å²) in [5, 5.41) is 12.3. The van der Waals surface area contributed by atoms with Gasteiger partial charge in [-0.2, -0.15) is 0 Å². The lowest BCUT2D eigenvalue weighted by Crippen LogP contribution is -2.20. The van der Waals surface area contributed by atoms with Crippen molar-refractivity contribution >= 4 is 11.3 Å². The Hall–Kier alpha value is -1.12. The van der Waals surface area contributed by atoms with Crippen molar-refractivity contribution in [3.63, 3.8) is 0 Å². The summed E-state index contributed by atoms with van der Waals surface area (Å²) in [6.07, 6.45) is 0. The summed E-state index contributed by atoms with van der Waals surface area (Å²) in [6.45, 7) is 1.83. The first-order chi connectivity index (χ1) is 6.71. The number of hydrogen-bond acceptors (Lipinski definition) is 2. The third-order valence-electron chi connectivity index (χ3n) is 2.34. The van der Waals surface area contributed by atoms with Gasteiger partial charge in [0.25, 0.3) is 0 Å². The van der Waals surface area contributed by atoms with Crippen molar-refractivity contribution in [3.05, 3.63) is 58.3 Å². The molecule has 14 heavy (non-hydrogen) atoms. The summed E-state index contributed by atoms with van der Waals surface area (Å²) < 4.78 is 0. The first kappa shape index (κ1) is 9.44. The molecular weight excluding hydrogens is 192 g/mol. The van der Waals surface area contributed by atoms with Crippen LogP contribution in [0.3, 0.4) is 0 Å². The van der Waals surface area contributed by atoms with Gasteiger partial charge in [-0.05, 0) is 23.9 Å². The van der Waals surface area contributed by atoms with Gasteiger partial charge < -0.3 is 5.11 Å². The molecule has 0 radical (unpaired) electrons. The molecule has 1 heterocycles. The molecule has 72 valence electrons. The Morgan fingerprint density at radius 2 is 1.79 bits per heavy atom. The van der Waals surface area contributed by atoms with Gasteiger partial charge in [-0.25, -0.2) is 0 Å². The molecule has 2 rings (SSSR count). The van der Waals surface area contributed by atoms with E-state index in [4.69, 9.17) is 0 Å². The highest BCUT2D eigenvalue weighted by Gasteiger charge is 2.25. The van der Waals surface area contributed by atoms with E-state index >= 15 is 0 Å². The van der Waals surface area contributed by atoms with E-state index in [2.05, 4.69) is 0 Å². The van der Waals surface area contributed by atoms with Crippen LogP contribution in [0.4, 0.5) is 0 Å². The van der Waals surface area contributed by atoms with E-state index in [1.54, 1.807) is 11.3 Å². The minimum Gasteiger partial charge on any atom is -0.380 e. The first-order valence-corrected chi connectivity index (χ1v) is 5.41. The maximum atomic E-state index is 10.4. The minimum atomic E-state index is -0.866. The van der Waals surface area contributed by atoms with Crippen LogP contribution in [0.2, 0.25) is 0 Å². The molecule has 0 amide bonds. The zero-order valence-electron chi connectivity index (χ0n) is 7.97. The average molecular weight is 204 g/mol. The van der Waals surface area contributed by atoms with Crippen LogP contribution in [-0.2, 0) is 5.60 Å². The van der Waals surface area contributed by atoms with E-state index in [1.165, 1.54) is 0 Å². The van der Waals surface area contributed by atoms with Crippen LogP contribution in [-0.4, -0.2) is 5.11 Å². The summed E-state index contributed by atoms with van der Waals surface area (Å²) >= 11 is 1.57. The minimum absolute atomic E-state index is 0.866. The molecule has 0 unspecified atom stereocenters. The van der Waals surface area contributed by atoms with Gasteiger partial charge in [-0.15, -0.1) is 11.3 Å². The lowest BCUT2D eigenvalue weighted by atomic mass is 9.95. The van der Waals surface area contributed by atoms with E-state index in [-0.39, 0.29) is 0 Å². The fourth-order valence-electron chi connectivity index (χ4n) is 1.46. The SMILES string of the molecule is C[C@@](O)(c1ccccc1)c1cccs1. The maximum Gasteiger partial charge on any atom is 0.121 e. The molecule has 1 nitrogen and oxygen atoms in total. The van der Waals surface area contributed by atoms with Crippen molar-refractivity contribution in [3.8, 4) is 0 Å². The van der Waals surface area contributed by atoms with Crippen LogP contribution in [0.1, 0.15) is 17.4 Å². The van der Waals surface area contributed by atoms with Gasteiger partial charge in [-0.1, -0.05) is 36.4 Å². The Kier molecular flexibility index (Phi) is 2.40. The largest absolute Gasteiger partial charge is 0.380 e. The molecule has 1 N–H and O–H groups in total. The number of rotatable bonds is 2. The molecule has 1 atom stereocenters. The molecule has 0 saturated carbocycles. The predicted molar refractivity (Wildman–Crippen MR) is 59.4 cm³/mol. The fourth-order valence-corrected chi connectivity index (χ4v) is 2.27. The van der Waals surface area contributed by atoms with Crippen LogP contribution in [0.25, 0.3) is 0 Å². The van der Waals surface area contributed by atoms with Crippen molar-refractivity contribution in [2.45, 2.75) is 12.5 Å². The Morgan fingerprint density at radius 3 is 2.36 bits per heavy atom. The Morgan fingerprint density at radius 1 is 1.07 bits per heavy atom. The summed E-state index contributed by atoms with van der Waals surface area (Å²) in [5.74, 6) is 0. The molecular formula is C12H12OS. The maximum absolute atomic E-state index is 10.4. The quantitative estimate of drug-likeness (QED) is 0.797. The van der Waals surface area contributed by atoms with Gasteiger partial charge >= 0.3 is 0 Å². The monoisotopic (exact) mass is 204 g/mol. The van der Waals surface area contributed by atoms with Crippen LogP contribution in [0.5, 0.6) is 0 Å². The van der Waals surface area contributed by atoms with Crippen molar-refractivity contribution in [1.82, 2.24) is 0 Å². The third kappa shape index (κ3) is 1.59. The summed E-state index contributed by atoms with van der Waals surface area (Å²) in [6, 6.07) is 13.6. The first-order valence-electron chi connectivity index (χ1n) is 4.53. The van der Waals surface area contributed by atoms with Crippen molar-refractivity contribution in [2.75, 3.05) is 0 Å². The summed E-state index contributed by atoms with van der Waals surface area (Å²) in [7, 11) is 0. The van der Waals surface area contributed by atoms with E-state index in [1.807, 2.05) is 54.8 Å². The van der Waals surface area contributed by atoms with Crippen LogP contribution in [0, 0.1) is 0 Å². The van der Waals surface area contributed by atoms with Crippen molar-refractivity contribution in [1.29, 1.82) is 0 Å². The Bertz CT molecular complexity index is 390. The highest BCUT2D eigenvalue weighted by atomic mass is 32.1. The lowest BCUT2D eigenvalue weighted by Gasteiger charge is -2.22. The van der Waals surface area contributed by atoms with Gasteiger partial charge in [0, 0.05) is 4.88 Å².